The summed E-state index contributed by atoms with van der Waals surface area (Å²) in [6.45, 7) is 3.75. The fraction of sp³-hybridized carbons (Fsp3) is 0.364. The van der Waals surface area contributed by atoms with Crippen molar-refractivity contribution in [1.29, 1.82) is 0 Å². The number of esters is 1. The van der Waals surface area contributed by atoms with Crippen LogP contribution in [0.25, 0.3) is 10.2 Å². The molecule has 0 saturated carbocycles. The molecule has 2 aromatic rings. The summed E-state index contributed by atoms with van der Waals surface area (Å²) in [6.07, 6.45) is 0. The van der Waals surface area contributed by atoms with Crippen LogP contribution in [0, 0.1) is 6.92 Å². The Morgan fingerprint density at radius 2 is 2.28 bits per heavy atom. The number of fused-ring (bicyclic) bond motifs is 1. The second-order valence-corrected chi connectivity index (χ2v) is 5.16. The van der Waals surface area contributed by atoms with Gasteiger partial charge in [-0.1, -0.05) is 15.9 Å². The number of aromatic nitrogens is 2. The van der Waals surface area contributed by atoms with Gasteiger partial charge in [0.15, 0.2) is 0 Å². The van der Waals surface area contributed by atoms with E-state index < -0.39 is 5.97 Å². The molecule has 7 heteroatoms. The van der Waals surface area contributed by atoms with Crippen molar-refractivity contribution >= 4 is 43.5 Å². The lowest BCUT2D eigenvalue weighted by Gasteiger charge is -2.00. The second-order valence-electron chi connectivity index (χ2n) is 3.60. The number of halogens is 1. The van der Waals surface area contributed by atoms with E-state index in [1.807, 2.05) is 0 Å². The van der Waals surface area contributed by atoms with Crippen LogP contribution in [0.4, 0.5) is 0 Å². The minimum absolute atomic E-state index is 0.223. The number of carbonyl (C=O) groups excluding carboxylic acids is 1. The summed E-state index contributed by atoms with van der Waals surface area (Å²) >= 11 is 4.49. The highest BCUT2D eigenvalue weighted by atomic mass is 79.9. The largest absolute Gasteiger partial charge is 0.462 e. The lowest BCUT2D eigenvalue weighted by Crippen LogP contribution is -2.10. The molecule has 18 heavy (non-hydrogen) atoms. The number of thiophene rings is 1. The SMILES string of the molecule is CCOC(=O)c1sc2nc(C)[nH]c(=O)c2c1CBr. The molecule has 2 heterocycles. The average Bonchev–Trinajstić information content (AvgIpc) is 2.67. The van der Waals surface area contributed by atoms with E-state index in [0.29, 0.717) is 38.4 Å². The van der Waals surface area contributed by atoms with Gasteiger partial charge in [0.2, 0.25) is 0 Å². The molecular weight excluding hydrogens is 320 g/mol. The Balaban J connectivity index is 2.72. The smallest absolute Gasteiger partial charge is 0.348 e. The van der Waals surface area contributed by atoms with Crippen molar-refractivity contribution in [3.63, 3.8) is 0 Å². The number of carbonyl (C=O) groups is 1. The Kier molecular flexibility index (Phi) is 3.82. The number of hydrogen-bond acceptors (Lipinski definition) is 5. The fourth-order valence-electron chi connectivity index (χ4n) is 1.66. The molecule has 5 nitrogen and oxygen atoms in total. The van der Waals surface area contributed by atoms with Crippen LogP contribution >= 0.6 is 27.3 Å². The molecule has 0 fully saturated rings. The van der Waals surface area contributed by atoms with Gasteiger partial charge in [-0.05, 0) is 13.8 Å². The summed E-state index contributed by atoms with van der Waals surface area (Å²) < 4.78 is 4.98. The van der Waals surface area contributed by atoms with E-state index in [9.17, 15) is 9.59 Å². The van der Waals surface area contributed by atoms with E-state index >= 15 is 0 Å². The van der Waals surface area contributed by atoms with Crippen LogP contribution in [0.2, 0.25) is 0 Å². The third kappa shape index (κ3) is 2.20. The van der Waals surface area contributed by atoms with Crippen molar-refractivity contribution < 1.29 is 9.53 Å². The van der Waals surface area contributed by atoms with Crippen LogP contribution in [-0.2, 0) is 10.1 Å². The standard InChI is InChI=1S/C11H11BrN2O3S/c1-3-17-11(16)8-6(4-12)7-9(15)13-5(2)14-10(7)18-8/h3-4H2,1-2H3,(H,13,14,15). The van der Waals surface area contributed by atoms with E-state index in [2.05, 4.69) is 25.9 Å². The lowest BCUT2D eigenvalue weighted by atomic mass is 10.2. The highest BCUT2D eigenvalue weighted by Crippen LogP contribution is 2.30. The number of rotatable bonds is 3. The first-order valence-corrected chi connectivity index (χ1v) is 7.27. The van der Waals surface area contributed by atoms with E-state index in [4.69, 9.17) is 4.74 Å². The summed E-state index contributed by atoms with van der Waals surface area (Å²) in [5.41, 5.74) is 0.418. The third-order valence-corrected chi connectivity index (χ3v) is 4.04. The maximum Gasteiger partial charge on any atom is 0.348 e. The molecule has 0 radical (unpaired) electrons. The predicted molar refractivity (Wildman–Crippen MR) is 73.6 cm³/mol. The molecule has 96 valence electrons. The van der Waals surface area contributed by atoms with E-state index in [1.165, 1.54) is 11.3 Å². The second kappa shape index (κ2) is 5.19. The topological polar surface area (TPSA) is 72.0 Å². The molecule has 0 atom stereocenters. The Morgan fingerprint density at radius 1 is 1.56 bits per heavy atom. The van der Waals surface area contributed by atoms with Gasteiger partial charge >= 0.3 is 5.97 Å². The zero-order chi connectivity index (χ0) is 13.3. The molecule has 1 N–H and O–H groups in total. The molecule has 2 aromatic heterocycles. The Bertz CT molecular complexity index is 662. The number of hydrogen-bond donors (Lipinski definition) is 1. The van der Waals surface area contributed by atoms with Crippen molar-refractivity contribution in [3.05, 3.63) is 26.6 Å². The summed E-state index contributed by atoms with van der Waals surface area (Å²) in [5.74, 6) is 0.122. The monoisotopic (exact) mass is 330 g/mol. The highest BCUT2D eigenvalue weighted by Gasteiger charge is 2.21. The first-order valence-electron chi connectivity index (χ1n) is 5.33. The molecule has 0 saturated heterocycles. The summed E-state index contributed by atoms with van der Waals surface area (Å²) in [5, 5.41) is 0.875. The maximum atomic E-state index is 11.9. The van der Waals surface area contributed by atoms with Crippen LogP contribution in [-0.4, -0.2) is 22.5 Å². The van der Waals surface area contributed by atoms with Gasteiger partial charge in [0.1, 0.15) is 15.5 Å². The minimum atomic E-state index is -0.410. The van der Waals surface area contributed by atoms with Gasteiger partial charge < -0.3 is 9.72 Å². The van der Waals surface area contributed by atoms with Crippen molar-refractivity contribution in [2.45, 2.75) is 19.2 Å². The molecule has 0 amide bonds. The minimum Gasteiger partial charge on any atom is -0.462 e. The lowest BCUT2D eigenvalue weighted by molar-refractivity contribution is 0.0531. The number of alkyl halides is 1. The van der Waals surface area contributed by atoms with Gasteiger partial charge in [-0.15, -0.1) is 11.3 Å². The Hall–Kier alpha value is -1.21. The van der Waals surface area contributed by atoms with Gasteiger partial charge in [0.25, 0.3) is 5.56 Å². The molecular formula is C11H11BrN2O3S. The van der Waals surface area contributed by atoms with Crippen molar-refractivity contribution in [1.82, 2.24) is 9.97 Å². The number of aryl methyl sites for hydroxylation is 1. The Morgan fingerprint density at radius 3 is 2.89 bits per heavy atom. The van der Waals surface area contributed by atoms with Crippen LogP contribution in [0.5, 0.6) is 0 Å². The zero-order valence-electron chi connectivity index (χ0n) is 9.87. The summed E-state index contributed by atoms with van der Waals surface area (Å²) in [7, 11) is 0. The number of ether oxygens (including phenoxy) is 1. The van der Waals surface area contributed by atoms with Crippen LogP contribution in [0.3, 0.4) is 0 Å². The number of nitrogens with zero attached hydrogens (tertiary/aromatic N) is 1. The molecule has 0 aliphatic heterocycles. The summed E-state index contributed by atoms with van der Waals surface area (Å²) in [4.78, 5) is 31.6. The number of H-pyrrole nitrogens is 1. The van der Waals surface area contributed by atoms with Crippen LogP contribution < -0.4 is 5.56 Å². The van der Waals surface area contributed by atoms with E-state index in [0.717, 1.165) is 0 Å². The normalized spacial score (nSPS) is 10.8. The van der Waals surface area contributed by atoms with Gasteiger partial charge in [0.05, 0.1) is 12.0 Å². The molecule has 0 bridgehead atoms. The van der Waals surface area contributed by atoms with Crippen molar-refractivity contribution in [2.24, 2.45) is 0 Å². The molecule has 0 aliphatic carbocycles. The number of nitrogens with one attached hydrogen (secondary N) is 1. The van der Waals surface area contributed by atoms with Gasteiger partial charge in [-0.2, -0.15) is 0 Å². The third-order valence-electron chi connectivity index (χ3n) is 2.37. The zero-order valence-corrected chi connectivity index (χ0v) is 12.3. The van der Waals surface area contributed by atoms with E-state index in [-0.39, 0.29) is 5.56 Å². The van der Waals surface area contributed by atoms with Crippen molar-refractivity contribution in [2.75, 3.05) is 6.61 Å². The quantitative estimate of drug-likeness (QED) is 0.692. The predicted octanol–water partition coefficient (Wildman–Crippen LogP) is 2.36. The Labute approximate surface area is 115 Å². The number of aromatic amines is 1. The maximum absolute atomic E-state index is 11.9. The first-order chi connectivity index (χ1) is 8.58. The summed E-state index contributed by atoms with van der Waals surface area (Å²) in [6, 6.07) is 0. The van der Waals surface area contributed by atoms with Gasteiger partial charge in [0, 0.05) is 10.9 Å². The van der Waals surface area contributed by atoms with Gasteiger partial charge in [-0.25, -0.2) is 9.78 Å². The molecule has 0 spiro atoms. The molecule has 0 unspecified atom stereocenters. The molecule has 0 aromatic carbocycles. The highest BCUT2D eigenvalue weighted by molar-refractivity contribution is 9.08. The van der Waals surface area contributed by atoms with Crippen molar-refractivity contribution in [3.8, 4) is 0 Å². The molecule has 0 aliphatic rings. The van der Waals surface area contributed by atoms with E-state index in [1.54, 1.807) is 13.8 Å². The average molecular weight is 331 g/mol. The van der Waals surface area contributed by atoms with Crippen LogP contribution in [0.1, 0.15) is 28.0 Å². The first kappa shape index (κ1) is 13.2. The van der Waals surface area contributed by atoms with Crippen LogP contribution in [0.15, 0.2) is 4.79 Å². The fourth-order valence-corrected chi connectivity index (χ4v) is 3.54. The van der Waals surface area contributed by atoms with Gasteiger partial charge in [-0.3, -0.25) is 4.79 Å². The molecule has 2 rings (SSSR count).